The largest absolute Gasteiger partial charge is 0.477 e. The first kappa shape index (κ1) is 24.1. The number of allylic oxidation sites excluding steroid dienone is 1. The summed E-state index contributed by atoms with van der Waals surface area (Å²) in [7, 11) is 0. The van der Waals surface area contributed by atoms with Gasteiger partial charge in [-0.05, 0) is 45.9 Å². The zero-order valence-corrected chi connectivity index (χ0v) is 20.2. The maximum Gasteiger partial charge on any atom is 0.354 e. The molecular formula is C26H30N6O3. The van der Waals surface area contributed by atoms with Crippen LogP contribution in [0.5, 0.6) is 0 Å². The minimum Gasteiger partial charge on any atom is -0.477 e. The predicted octanol–water partition coefficient (Wildman–Crippen LogP) is 4.28. The van der Waals surface area contributed by atoms with Gasteiger partial charge in [0.15, 0.2) is 11.5 Å². The van der Waals surface area contributed by atoms with Crippen molar-refractivity contribution >= 4 is 11.9 Å². The number of nitrogens with one attached hydrogen (secondary N) is 1. The molecule has 3 aromatic rings. The SMILES string of the molecule is CCC(=O)N1CN(Cc2ccc(-c3ccccc3-c3nnn[nH]3)cc2)C(CCC(C)C)=C1C(=O)O. The maximum atomic E-state index is 12.5. The molecule has 0 fully saturated rings. The third-order valence-electron chi connectivity index (χ3n) is 6.17. The molecule has 0 atom stereocenters. The molecule has 0 bridgehead atoms. The highest BCUT2D eigenvalue weighted by Gasteiger charge is 2.36. The normalized spacial score (nSPS) is 13.7. The smallest absolute Gasteiger partial charge is 0.354 e. The summed E-state index contributed by atoms with van der Waals surface area (Å²) < 4.78 is 0. The van der Waals surface area contributed by atoms with Gasteiger partial charge in [-0.15, -0.1) is 5.10 Å². The second kappa shape index (κ2) is 10.5. The molecule has 0 aliphatic carbocycles. The van der Waals surface area contributed by atoms with E-state index in [0.717, 1.165) is 34.4 Å². The van der Waals surface area contributed by atoms with Gasteiger partial charge in [0.05, 0.1) is 6.67 Å². The van der Waals surface area contributed by atoms with Crippen LogP contribution in [0.1, 0.15) is 45.6 Å². The number of amides is 1. The summed E-state index contributed by atoms with van der Waals surface area (Å²) >= 11 is 0. The Morgan fingerprint density at radius 1 is 1.09 bits per heavy atom. The van der Waals surface area contributed by atoms with Crippen LogP contribution >= 0.6 is 0 Å². The lowest BCUT2D eigenvalue weighted by molar-refractivity contribution is -0.139. The summed E-state index contributed by atoms with van der Waals surface area (Å²) in [6.07, 6.45) is 1.73. The van der Waals surface area contributed by atoms with Crippen molar-refractivity contribution in [2.24, 2.45) is 5.92 Å². The minimum atomic E-state index is -1.05. The number of carbonyl (C=O) groups is 2. The highest BCUT2D eigenvalue weighted by molar-refractivity contribution is 5.94. The number of carbonyl (C=O) groups excluding carboxylic acids is 1. The average molecular weight is 475 g/mol. The molecule has 0 saturated carbocycles. The molecule has 1 amide bonds. The fourth-order valence-corrected chi connectivity index (χ4v) is 4.34. The number of carboxylic acid groups (broad SMARTS) is 1. The monoisotopic (exact) mass is 474 g/mol. The zero-order valence-electron chi connectivity index (χ0n) is 20.2. The molecule has 182 valence electrons. The Kier molecular flexibility index (Phi) is 7.24. The fourth-order valence-electron chi connectivity index (χ4n) is 4.34. The fraction of sp³-hybridized carbons (Fsp3) is 0.346. The molecule has 2 N–H and O–H groups in total. The number of carboxylic acids is 1. The highest BCUT2D eigenvalue weighted by atomic mass is 16.4. The Labute approximate surface area is 204 Å². The molecule has 2 heterocycles. The summed E-state index contributed by atoms with van der Waals surface area (Å²) in [5, 5.41) is 24.1. The Morgan fingerprint density at radius 2 is 1.80 bits per heavy atom. The standard InChI is InChI=1S/C26H30N6O3/c1-4-23(33)32-16-31(22(14-9-17(2)3)24(32)26(34)35)15-18-10-12-19(13-11-18)20-7-5-6-8-21(20)25-27-29-30-28-25/h5-8,10-13,17H,4,9,14-16H2,1-3H3,(H,34,35)(H,27,28,29,30). The third kappa shape index (κ3) is 5.24. The molecule has 9 heteroatoms. The van der Waals surface area contributed by atoms with E-state index < -0.39 is 5.97 Å². The Morgan fingerprint density at radius 3 is 2.40 bits per heavy atom. The van der Waals surface area contributed by atoms with Gasteiger partial charge in [0, 0.05) is 24.2 Å². The van der Waals surface area contributed by atoms with Crippen molar-refractivity contribution < 1.29 is 14.7 Å². The van der Waals surface area contributed by atoms with Gasteiger partial charge in [0.25, 0.3) is 0 Å². The molecule has 0 radical (unpaired) electrons. The number of hydrogen-bond acceptors (Lipinski definition) is 6. The van der Waals surface area contributed by atoms with Crippen LogP contribution in [0.15, 0.2) is 59.9 Å². The topological polar surface area (TPSA) is 115 Å². The quantitative estimate of drug-likeness (QED) is 0.476. The molecule has 2 aromatic carbocycles. The van der Waals surface area contributed by atoms with Crippen LogP contribution in [0.2, 0.25) is 0 Å². The molecule has 35 heavy (non-hydrogen) atoms. The number of tetrazole rings is 1. The van der Waals surface area contributed by atoms with Crippen molar-refractivity contribution in [2.45, 2.75) is 46.6 Å². The van der Waals surface area contributed by atoms with E-state index in [-0.39, 0.29) is 24.7 Å². The van der Waals surface area contributed by atoms with E-state index in [0.29, 0.717) is 24.7 Å². The summed E-state index contributed by atoms with van der Waals surface area (Å²) in [5.41, 5.74) is 4.80. The van der Waals surface area contributed by atoms with E-state index in [1.165, 1.54) is 4.90 Å². The maximum absolute atomic E-state index is 12.5. The van der Waals surface area contributed by atoms with Crippen LogP contribution in [0.4, 0.5) is 0 Å². The van der Waals surface area contributed by atoms with E-state index in [9.17, 15) is 14.7 Å². The van der Waals surface area contributed by atoms with E-state index in [1.54, 1.807) is 6.92 Å². The molecule has 0 unspecified atom stereocenters. The Balaban J connectivity index is 1.60. The van der Waals surface area contributed by atoms with E-state index in [4.69, 9.17) is 0 Å². The lowest BCUT2D eigenvalue weighted by Crippen LogP contribution is -2.34. The van der Waals surface area contributed by atoms with Gasteiger partial charge in [-0.25, -0.2) is 9.89 Å². The molecule has 1 aliphatic heterocycles. The second-order valence-corrected chi connectivity index (χ2v) is 9.04. The molecule has 0 spiro atoms. The minimum absolute atomic E-state index is 0.115. The van der Waals surface area contributed by atoms with Gasteiger partial charge in [-0.1, -0.05) is 69.3 Å². The molecule has 1 aliphatic rings. The molecular weight excluding hydrogens is 444 g/mol. The Hall–Kier alpha value is -4.01. The van der Waals surface area contributed by atoms with Crippen molar-refractivity contribution in [1.82, 2.24) is 30.4 Å². The number of H-pyrrole nitrogens is 1. The third-order valence-corrected chi connectivity index (χ3v) is 6.17. The van der Waals surface area contributed by atoms with E-state index in [2.05, 4.69) is 34.5 Å². The number of hydrogen-bond donors (Lipinski definition) is 2. The van der Waals surface area contributed by atoms with Crippen LogP contribution in [-0.4, -0.2) is 54.1 Å². The number of aromatic nitrogens is 4. The highest BCUT2D eigenvalue weighted by Crippen LogP contribution is 2.33. The van der Waals surface area contributed by atoms with Crippen molar-refractivity contribution in [3.63, 3.8) is 0 Å². The lowest BCUT2D eigenvalue weighted by Gasteiger charge is -2.23. The summed E-state index contributed by atoms with van der Waals surface area (Å²) in [6, 6.07) is 16.1. The van der Waals surface area contributed by atoms with Crippen LogP contribution in [-0.2, 0) is 16.1 Å². The predicted molar refractivity (Wildman–Crippen MR) is 131 cm³/mol. The van der Waals surface area contributed by atoms with Gasteiger partial charge in [0.1, 0.15) is 0 Å². The number of rotatable bonds is 9. The van der Waals surface area contributed by atoms with Gasteiger partial charge in [0.2, 0.25) is 5.91 Å². The van der Waals surface area contributed by atoms with E-state index >= 15 is 0 Å². The van der Waals surface area contributed by atoms with Crippen molar-refractivity contribution in [1.29, 1.82) is 0 Å². The van der Waals surface area contributed by atoms with Gasteiger partial charge >= 0.3 is 5.97 Å². The van der Waals surface area contributed by atoms with E-state index in [1.807, 2.05) is 53.4 Å². The molecule has 9 nitrogen and oxygen atoms in total. The first-order chi connectivity index (χ1) is 16.9. The zero-order chi connectivity index (χ0) is 24.9. The molecule has 4 rings (SSSR count). The van der Waals surface area contributed by atoms with Gasteiger partial charge in [-0.3, -0.25) is 9.69 Å². The van der Waals surface area contributed by atoms with Crippen molar-refractivity contribution in [2.75, 3.05) is 6.67 Å². The number of aliphatic carboxylic acids is 1. The average Bonchev–Trinajstić information content (AvgIpc) is 3.51. The van der Waals surface area contributed by atoms with Crippen LogP contribution < -0.4 is 0 Å². The van der Waals surface area contributed by atoms with Crippen molar-refractivity contribution in [3.05, 3.63) is 65.5 Å². The molecule has 1 aromatic heterocycles. The first-order valence-corrected chi connectivity index (χ1v) is 11.8. The second-order valence-electron chi connectivity index (χ2n) is 9.04. The molecule has 0 saturated heterocycles. The first-order valence-electron chi connectivity index (χ1n) is 11.8. The number of nitrogens with zero attached hydrogens (tertiary/aromatic N) is 5. The van der Waals surface area contributed by atoms with Crippen LogP contribution in [0.3, 0.4) is 0 Å². The summed E-state index contributed by atoms with van der Waals surface area (Å²) in [6.45, 7) is 6.75. The van der Waals surface area contributed by atoms with Crippen molar-refractivity contribution in [3.8, 4) is 22.5 Å². The van der Waals surface area contributed by atoms with Gasteiger partial charge in [-0.2, -0.15) is 0 Å². The number of benzene rings is 2. The Bertz CT molecular complexity index is 1220. The summed E-state index contributed by atoms with van der Waals surface area (Å²) in [4.78, 5) is 28.1. The van der Waals surface area contributed by atoms with Crippen LogP contribution in [0, 0.1) is 5.92 Å². The summed E-state index contributed by atoms with van der Waals surface area (Å²) in [5.74, 6) is -0.208. The lowest BCUT2D eigenvalue weighted by atomic mass is 9.98. The van der Waals surface area contributed by atoms with Crippen LogP contribution in [0.25, 0.3) is 22.5 Å². The number of aromatic amines is 1. The van der Waals surface area contributed by atoms with Gasteiger partial charge < -0.3 is 10.0 Å².